The van der Waals surface area contributed by atoms with Crippen LogP contribution >= 0.6 is 12.4 Å². The highest BCUT2D eigenvalue weighted by Gasteiger charge is 2.33. The van der Waals surface area contributed by atoms with Crippen molar-refractivity contribution in [3.8, 4) is 24.3 Å². The molecule has 0 bridgehead atoms. The second kappa shape index (κ2) is 42.6. The molecule has 2 amide bonds. The zero-order valence-electron chi connectivity index (χ0n) is 78.8. The number of amides is 2. The van der Waals surface area contributed by atoms with Crippen LogP contribution in [-0.2, 0) is 72.1 Å². The zero-order chi connectivity index (χ0) is 95.8. The maximum atomic E-state index is 13.0. The zero-order valence-corrected chi connectivity index (χ0v) is 80.4. The lowest BCUT2D eigenvalue weighted by Crippen LogP contribution is -2.39. The van der Waals surface area contributed by atoms with Crippen LogP contribution in [0, 0.1) is 45.3 Å². The summed E-state index contributed by atoms with van der Waals surface area (Å²) in [5.74, 6) is 1.32. The SMILES string of the molecule is CC(C)(C)OC(=O)N1CCc2cc(N)ccc2C1.CC(C)(C)OC(=O)N1CCc2cc(Nc3ncc4cc(C#N)c(=O)n(C5CCCC5)c4n3)ccc2C1.CC(C)N1CCc2cc(Nc3ncc4cc(C#N)c(=O)n(C5CCCC5)c4n3)ccc2C1.CS(=O)c1ncc2cc(C#N)c(=O)n(C3CCCC3)c2n1.Cl.N#Cc1cc2cnc(Nc3ccc4c(c3)CCNC4)nc2n(C2CCCC2)c1=O. The Labute approximate surface area is 802 Å². The van der Waals surface area contributed by atoms with Crippen molar-refractivity contribution in [2.75, 3.05) is 54.1 Å². The Balaban J connectivity index is 0.000000132. The van der Waals surface area contributed by atoms with Gasteiger partial charge in [-0.15, -0.1) is 12.4 Å². The summed E-state index contributed by atoms with van der Waals surface area (Å²) in [6.07, 6.45) is 27.1. The van der Waals surface area contributed by atoms with Crippen LogP contribution in [0.15, 0.2) is 146 Å². The average Bonchev–Trinajstić information content (AvgIpc) is 1.19. The Bertz CT molecular complexity index is 7070. The van der Waals surface area contributed by atoms with Gasteiger partial charge >= 0.3 is 12.2 Å². The molecule has 4 aromatic carbocycles. The third-order valence-corrected chi connectivity index (χ3v) is 26.9. The summed E-state index contributed by atoms with van der Waals surface area (Å²) in [6, 6.07) is 39.7. The van der Waals surface area contributed by atoms with E-state index in [2.05, 4.69) is 106 Å². The fourth-order valence-corrected chi connectivity index (χ4v) is 19.7. The number of aromatic nitrogens is 12. The molecule has 4 saturated carbocycles. The Morgan fingerprint density at radius 2 is 0.759 bits per heavy atom. The van der Waals surface area contributed by atoms with Gasteiger partial charge in [0, 0.05) is 151 Å². The number of anilines is 7. The van der Waals surface area contributed by atoms with Gasteiger partial charge in [-0.1, -0.05) is 75.6 Å². The van der Waals surface area contributed by atoms with Gasteiger partial charge in [0.25, 0.3) is 22.2 Å². The third-order valence-electron chi connectivity index (χ3n) is 26.2. The molecule has 6 N–H and O–H groups in total. The summed E-state index contributed by atoms with van der Waals surface area (Å²) in [7, 11) is -1.31. The number of fused-ring (bicyclic) bond motifs is 8. The molecule has 8 aromatic heterocycles. The van der Waals surface area contributed by atoms with Gasteiger partial charge in [0.05, 0.1) is 10.8 Å². The molecule has 33 nitrogen and oxygen atoms in total. The minimum absolute atomic E-state index is 0. The molecule has 1 unspecified atom stereocenters. The number of nitrogen functional groups attached to an aromatic ring is 1. The highest BCUT2D eigenvalue weighted by atomic mass is 35.5. The molecule has 35 heteroatoms. The molecule has 0 radical (unpaired) electrons. The number of hydrogen-bond acceptors (Lipinski definition) is 27. The lowest BCUT2D eigenvalue weighted by atomic mass is 9.98. The monoisotopic (exact) mass is 1890 g/mol. The fourth-order valence-electron chi connectivity index (χ4n) is 19.3. The molecular weight excluding hydrogens is 1770 g/mol. The van der Waals surface area contributed by atoms with Crippen LogP contribution in [0.5, 0.6) is 0 Å². The molecule has 0 saturated heterocycles. The molecule has 4 aliphatic heterocycles. The van der Waals surface area contributed by atoms with Crippen molar-refractivity contribution in [1.29, 1.82) is 21.0 Å². The van der Waals surface area contributed by atoms with Gasteiger partial charge in [0.1, 0.15) is 80.3 Å². The Morgan fingerprint density at radius 1 is 0.438 bits per heavy atom. The van der Waals surface area contributed by atoms with Crippen molar-refractivity contribution in [1.82, 2.24) is 78.2 Å². The number of rotatable bonds is 12. The molecule has 20 rings (SSSR count). The van der Waals surface area contributed by atoms with E-state index in [4.69, 9.17) is 30.4 Å². The van der Waals surface area contributed by atoms with E-state index in [0.717, 1.165) is 205 Å². The molecule has 4 aliphatic carbocycles. The number of halogens is 1. The van der Waals surface area contributed by atoms with E-state index >= 15 is 0 Å². The van der Waals surface area contributed by atoms with Gasteiger partial charge in [0.2, 0.25) is 23.0 Å². The summed E-state index contributed by atoms with van der Waals surface area (Å²) in [5.41, 5.74) is 19.9. The molecule has 8 aliphatic rings. The molecule has 710 valence electrons. The first-order valence-corrected chi connectivity index (χ1v) is 48.6. The summed E-state index contributed by atoms with van der Waals surface area (Å²) < 4.78 is 29.2. The summed E-state index contributed by atoms with van der Waals surface area (Å²) >= 11 is 0. The number of nitrogens with two attached hydrogens (primary N) is 1. The number of pyridine rings is 4. The number of nitrogens with zero attached hydrogens (tertiary/aromatic N) is 19. The van der Waals surface area contributed by atoms with Crippen molar-refractivity contribution in [2.24, 2.45) is 0 Å². The Hall–Kier alpha value is -13.9. The smallest absolute Gasteiger partial charge is 0.410 e. The normalized spacial score (nSPS) is 16.2. The second-order valence-electron chi connectivity index (χ2n) is 38.3. The van der Waals surface area contributed by atoms with Crippen LogP contribution in [0.25, 0.3) is 44.1 Å². The van der Waals surface area contributed by atoms with E-state index < -0.39 is 22.0 Å². The topological polar surface area (TPSA) is 440 Å². The average molecular weight is 1890 g/mol. The lowest BCUT2D eigenvalue weighted by molar-refractivity contribution is 0.0214. The van der Waals surface area contributed by atoms with Crippen molar-refractivity contribution in [2.45, 2.75) is 257 Å². The standard InChI is InChI=1S/C27H30N6O3.C25H28N6O.C22H22N6O.C14H14N4O2S.C14H20N2O2.ClH/c1-27(2,3)36-26(35)32-11-10-17-13-21(9-8-18(17)16-32)30-25-29-15-20-12-19(14-28)24(34)33(23(20)31-25)22-6-4-5-7-22;1-16(2)30-10-9-17-12-21(8-7-18(17)15-30)28-25-27-14-20-11-19(13-26)24(32)31(23(20)29-25)22-5-3-4-6-22;23-11-16-9-17-13-25-22(26-18-6-5-15-12-24-8-7-14(15)10-18)27-20(17)28(21(16)29)19-3-1-2-4-19;1-21(20)14-16-8-10-6-9(7-15)13(19)18(12(10)17-14)11-4-2-3-5-11;1-14(2,3)18-13(17)16-7-6-10-8-12(15)5-4-11(10)9-16;/h8-9,12-13,15,22H,4-7,10-11,16H2,1-3H3,(H,29,30,31);7-8,11-12,14,16,22H,3-6,9-10,15H2,1-2H3,(H,27,28,29);5-6,9-10,13,19,24H,1-4,7-8,12H2,(H,25,26,27);6,8,11H,2-5H2,1H3;4-5,8H,6-7,9,15H2,1-3H3;1H. The maximum absolute atomic E-state index is 13.0. The number of nitriles is 4. The van der Waals surface area contributed by atoms with Gasteiger partial charge in [-0.05, 0) is 256 Å². The predicted molar refractivity (Wildman–Crippen MR) is 529 cm³/mol. The number of carbonyl (C=O) groups excluding carboxylic acids is 2. The number of carbonyl (C=O) groups is 2. The fraction of sp³-hybridized carbons (Fsp3) is 0.431. The van der Waals surface area contributed by atoms with E-state index in [-0.39, 0.29) is 98.4 Å². The Morgan fingerprint density at radius 3 is 1.11 bits per heavy atom. The summed E-state index contributed by atoms with van der Waals surface area (Å²) in [4.78, 5) is 117. The van der Waals surface area contributed by atoms with E-state index in [1.54, 1.807) is 64.9 Å². The van der Waals surface area contributed by atoms with Gasteiger partial charge in [-0.25, -0.2) is 34.5 Å². The minimum Gasteiger partial charge on any atom is -0.444 e. The van der Waals surface area contributed by atoms with Gasteiger partial charge < -0.3 is 46.3 Å². The Kier molecular flexibility index (Phi) is 30.3. The van der Waals surface area contributed by atoms with Gasteiger partial charge in [-0.2, -0.15) is 36.0 Å². The van der Waals surface area contributed by atoms with Crippen LogP contribution in [-0.4, -0.2) is 139 Å². The molecule has 12 heterocycles. The maximum Gasteiger partial charge on any atom is 0.410 e. The van der Waals surface area contributed by atoms with Crippen molar-refractivity contribution >= 4 is 120 Å². The first kappa shape index (κ1) is 97.6. The van der Waals surface area contributed by atoms with Crippen LogP contribution in [0.3, 0.4) is 0 Å². The lowest BCUT2D eigenvalue weighted by Gasteiger charge is -2.32. The molecule has 4 fully saturated rings. The predicted octanol–water partition coefficient (Wildman–Crippen LogP) is 16.8. The molecule has 137 heavy (non-hydrogen) atoms. The molecule has 0 spiro atoms. The van der Waals surface area contributed by atoms with Crippen molar-refractivity contribution in [3.05, 3.63) is 230 Å². The quantitative estimate of drug-likeness (QED) is 0.0560. The number of hydrogen-bond donors (Lipinski definition) is 5. The van der Waals surface area contributed by atoms with Crippen molar-refractivity contribution < 1.29 is 23.3 Å². The summed E-state index contributed by atoms with van der Waals surface area (Å²) in [6.45, 7) is 22.0. The van der Waals surface area contributed by atoms with E-state index in [9.17, 15) is 48.8 Å². The number of ether oxygens (including phenoxy) is 2. The van der Waals surface area contributed by atoms with Gasteiger partial charge in [0.15, 0.2) is 0 Å². The van der Waals surface area contributed by atoms with Crippen LogP contribution < -0.4 is 49.2 Å². The van der Waals surface area contributed by atoms with E-state index in [1.807, 2.05) is 102 Å². The van der Waals surface area contributed by atoms with Gasteiger partial charge in [-0.3, -0.25) is 46.6 Å². The number of benzene rings is 4. The van der Waals surface area contributed by atoms with Crippen LogP contribution in [0.1, 0.15) is 249 Å². The largest absolute Gasteiger partial charge is 0.444 e. The highest BCUT2D eigenvalue weighted by molar-refractivity contribution is 7.84. The van der Waals surface area contributed by atoms with Crippen LogP contribution in [0.4, 0.5) is 50.2 Å². The van der Waals surface area contributed by atoms with E-state index in [0.29, 0.717) is 83.4 Å². The van der Waals surface area contributed by atoms with Crippen molar-refractivity contribution in [3.63, 3.8) is 0 Å². The molecular formula is C102H115ClN24O9S. The minimum atomic E-state index is -1.31. The highest BCUT2D eigenvalue weighted by Crippen LogP contribution is 2.38. The third kappa shape index (κ3) is 22.8. The molecule has 1 atom stereocenters. The number of nitrogens with one attached hydrogen (secondary N) is 4. The summed E-state index contributed by atoms with van der Waals surface area (Å²) in [5, 5.41) is 53.6. The first-order valence-electron chi connectivity index (χ1n) is 47.0. The van der Waals surface area contributed by atoms with E-state index in [1.165, 1.54) is 46.3 Å². The van der Waals surface area contributed by atoms with Crippen LogP contribution in [0.2, 0.25) is 0 Å². The first-order chi connectivity index (χ1) is 65.4. The molecule has 12 aromatic rings. The second-order valence-corrected chi connectivity index (χ2v) is 39.6.